The third-order valence-corrected chi connectivity index (χ3v) is 5.79. The number of nitrogens with zero attached hydrogens (tertiary/aromatic N) is 2. The lowest BCUT2D eigenvalue weighted by molar-refractivity contribution is -0.146. The standard InChI is InChI=1S/C24H24N4O6/c1-28-20(18(10-27-28)22(30)25-12-21(29)23(31)32)11-26-24(33)34-13-19-16-8-4-2-6-14(16)15-7-3-5-9-17(15)19/h2-10,19,21,29H,11-13H2,1H3,(H,25,30)(H,26,33)(H,31,32)/t21-/m0/s1. The smallest absolute Gasteiger partial charge is 0.407 e. The molecule has 0 saturated heterocycles. The average Bonchev–Trinajstić information content (AvgIpc) is 3.37. The maximum atomic E-state index is 12.4. The van der Waals surface area contributed by atoms with Crippen molar-refractivity contribution in [2.75, 3.05) is 13.2 Å². The number of ether oxygens (including phenoxy) is 1. The van der Waals surface area contributed by atoms with E-state index in [-0.39, 0.29) is 24.6 Å². The Morgan fingerprint density at radius 3 is 2.29 bits per heavy atom. The van der Waals surface area contributed by atoms with Crippen LogP contribution < -0.4 is 10.6 Å². The van der Waals surface area contributed by atoms with Crippen LogP contribution in [0.1, 0.15) is 33.1 Å². The second-order valence-corrected chi connectivity index (χ2v) is 7.87. The number of carboxylic acids is 1. The molecule has 1 aliphatic carbocycles. The van der Waals surface area contributed by atoms with E-state index < -0.39 is 30.6 Å². The van der Waals surface area contributed by atoms with E-state index in [9.17, 15) is 19.5 Å². The first kappa shape index (κ1) is 23.0. The van der Waals surface area contributed by atoms with Gasteiger partial charge in [0, 0.05) is 13.0 Å². The molecular formula is C24H24N4O6. The number of fused-ring (bicyclic) bond motifs is 3. The van der Waals surface area contributed by atoms with E-state index in [4.69, 9.17) is 9.84 Å². The van der Waals surface area contributed by atoms with Crippen LogP contribution in [0.3, 0.4) is 0 Å². The summed E-state index contributed by atoms with van der Waals surface area (Å²) in [6, 6.07) is 16.1. The van der Waals surface area contributed by atoms with Gasteiger partial charge < -0.3 is 25.6 Å². The van der Waals surface area contributed by atoms with Crippen molar-refractivity contribution < 1.29 is 29.3 Å². The van der Waals surface area contributed by atoms with Gasteiger partial charge in [-0.15, -0.1) is 0 Å². The summed E-state index contributed by atoms with van der Waals surface area (Å²) in [6.45, 7) is -0.328. The predicted octanol–water partition coefficient (Wildman–Crippen LogP) is 1.63. The van der Waals surface area contributed by atoms with Gasteiger partial charge in [-0.25, -0.2) is 9.59 Å². The molecule has 0 spiro atoms. The fourth-order valence-electron chi connectivity index (χ4n) is 4.04. The highest BCUT2D eigenvalue weighted by Gasteiger charge is 2.29. The third kappa shape index (κ3) is 4.62. The summed E-state index contributed by atoms with van der Waals surface area (Å²) in [5.41, 5.74) is 5.02. The molecule has 0 bridgehead atoms. The van der Waals surface area contributed by atoms with Crippen LogP contribution in [-0.4, -0.2) is 57.2 Å². The number of aliphatic hydroxyl groups excluding tert-OH is 1. The van der Waals surface area contributed by atoms with Crippen molar-refractivity contribution in [1.82, 2.24) is 20.4 Å². The van der Waals surface area contributed by atoms with E-state index in [1.54, 1.807) is 7.05 Å². The average molecular weight is 464 g/mol. The van der Waals surface area contributed by atoms with Crippen LogP contribution in [0.5, 0.6) is 0 Å². The molecule has 4 N–H and O–H groups in total. The molecule has 10 nitrogen and oxygen atoms in total. The number of carboxylic acid groups (broad SMARTS) is 1. The predicted molar refractivity (Wildman–Crippen MR) is 121 cm³/mol. The number of benzene rings is 2. The van der Waals surface area contributed by atoms with Gasteiger partial charge >= 0.3 is 12.1 Å². The van der Waals surface area contributed by atoms with Gasteiger partial charge in [0.25, 0.3) is 5.91 Å². The van der Waals surface area contributed by atoms with Crippen molar-refractivity contribution in [2.24, 2.45) is 7.05 Å². The van der Waals surface area contributed by atoms with Crippen LogP contribution in [0.15, 0.2) is 54.7 Å². The Morgan fingerprint density at radius 2 is 1.68 bits per heavy atom. The lowest BCUT2D eigenvalue weighted by Gasteiger charge is -2.15. The summed E-state index contributed by atoms with van der Waals surface area (Å²) < 4.78 is 6.93. The topological polar surface area (TPSA) is 143 Å². The van der Waals surface area contributed by atoms with Crippen LogP contribution in [0, 0.1) is 0 Å². The maximum Gasteiger partial charge on any atom is 0.407 e. The zero-order valence-electron chi connectivity index (χ0n) is 18.4. The second kappa shape index (κ2) is 9.75. The number of rotatable bonds is 8. The van der Waals surface area contributed by atoms with Crippen LogP contribution in [0.4, 0.5) is 4.79 Å². The highest BCUT2D eigenvalue weighted by atomic mass is 16.5. The minimum absolute atomic E-state index is 0.0303. The zero-order valence-corrected chi connectivity index (χ0v) is 18.4. The summed E-state index contributed by atoms with van der Waals surface area (Å²) in [7, 11) is 1.61. The Kier molecular flexibility index (Phi) is 6.60. The molecule has 0 unspecified atom stereocenters. The number of hydrogen-bond acceptors (Lipinski definition) is 6. The number of carbonyl (C=O) groups excluding carboxylic acids is 2. The van der Waals surface area contributed by atoms with E-state index in [0.717, 1.165) is 22.3 Å². The Bertz CT molecular complexity index is 1190. The van der Waals surface area contributed by atoms with E-state index >= 15 is 0 Å². The van der Waals surface area contributed by atoms with Crippen molar-refractivity contribution in [3.05, 3.63) is 77.1 Å². The Hall–Kier alpha value is -4.18. The van der Waals surface area contributed by atoms with Crippen LogP contribution >= 0.6 is 0 Å². The summed E-state index contributed by atoms with van der Waals surface area (Å²) in [5.74, 6) is -2.13. The van der Waals surface area contributed by atoms with Gasteiger partial charge in [0.1, 0.15) is 6.61 Å². The molecule has 0 fully saturated rings. The molecule has 1 atom stereocenters. The molecule has 10 heteroatoms. The molecule has 3 aromatic rings. The molecule has 1 aromatic heterocycles. The van der Waals surface area contributed by atoms with Crippen molar-refractivity contribution in [1.29, 1.82) is 0 Å². The van der Waals surface area contributed by atoms with Gasteiger partial charge in [-0.1, -0.05) is 48.5 Å². The number of aryl methyl sites for hydroxylation is 1. The molecule has 0 saturated carbocycles. The minimum Gasteiger partial charge on any atom is -0.479 e. The fourth-order valence-corrected chi connectivity index (χ4v) is 4.04. The molecule has 0 aliphatic heterocycles. The number of alkyl carbamates (subject to hydrolysis) is 1. The minimum atomic E-state index is -1.72. The summed E-state index contributed by atoms with van der Waals surface area (Å²) in [6.07, 6.45) is -1.06. The van der Waals surface area contributed by atoms with Gasteiger partial charge in [-0.3, -0.25) is 9.48 Å². The van der Waals surface area contributed by atoms with E-state index in [0.29, 0.717) is 5.69 Å². The first-order valence-corrected chi connectivity index (χ1v) is 10.7. The number of carbonyl (C=O) groups is 3. The Balaban J connectivity index is 1.36. The monoisotopic (exact) mass is 464 g/mol. The SMILES string of the molecule is Cn1ncc(C(=O)NC[C@H](O)C(=O)O)c1CNC(=O)OCC1c2ccccc2-c2ccccc21. The lowest BCUT2D eigenvalue weighted by atomic mass is 9.98. The molecule has 1 aliphatic rings. The van der Waals surface area contributed by atoms with E-state index in [1.807, 2.05) is 36.4 Å². The first-order chi connectivity index (χ1) is 16.4. The number of hydrogen-bond donors (Lipinski definition) is 4. The number of aromatic nitrogens is 2. The van der Waals surface area contributed by atoms with E-state index in [2.05, 4.69) is 27.9 Å². The maximum absolute atomic E-state index is 12.4. The molecule has 4 rings (SSSR count). The molecule has 0 radical (unpaired) electrons. The van der Waals surface area contributed by atoms with Crippen LogP contribution in [0.2, 0.25) is 0 Å². The van der Waals surface area contributed by atoms with E-state index in [1.165, 1.54) is 10.9 Å². The van der Waals surface area contributed by atoms with Crippen molar-refractivity contribution in [2.45, 2.75) is 18.6 Å². The highest BCUT2D eigenvalue weighted by molar-refractivity contribution is 5.95. The largest absolute Gasteiger partial charge is 0.479 e. The van der Waals surface area contributed by atoms with Gasteiger partial charge in [0.15, 0.2) is 6.10 Å². The lowest BCUT2D eigenvalue weighted by Crippen LogP contribution is -2.37. The Labute approximate surface area is 195 Å². The quantitative estimate of drug-likeness (QED) is 0.397. The zero-order chi connectivity index (χ0) is 24.2. The van der Waals surface area contributed by atoms with Gasteiger partial charge in [-0.2, -0.15) is 5.10 Å². The van der Waals surface area contributed by atoms with Crippen molar-refractivity contribution >= 4 is 18.0 Å². The third-order valence-electron chi connectivity index (χ3n) is 5.79. The van der Waals surface area contributed by atoms with Gasteiger partial charge in [0.05, 0.1) is 30.5 Å². The molecule has 1 heterocycles. The molecule has 2 amide bonds. The summed E-state index contributed by atoms with van der Waals surface area (Å²) >= 11 is 0. The number of nitrogens with one attached hydrogen (secondary N) is 2. The van der Waals surface area contributed by atoms with Crippen molar-refractivity contribution in [3.8, 4) is 11.1 Å². The second-order valence-electron chi connectivity index (χ2n) is 7.87. The molecule has 34 heavy (non-hydrogen) atoms. The summed E-state index contributed by atoms with van der Waals surface area (Å²) in [5, 5.41) is 27.1. The Morgan fingerprint density at radius 1 is 1.06 bits per heavy atom. The normalized spacial score (nSPS) is 13.0. The molecule has 176 valence electrons. The van der Waals surface area contributed by atoms with Crippen molar-refractivity contribution in [3.63, 3.8) is 0 Å². The number of aliphatic hydroxyl groups is 1. The van der Waals surface area contributed by atoms with Crippen LogP contribution in [0.25, 0.3) is 11.1 Å². The van der Waals surface area contributed by atoms with Crippen LogP contribution in [-0.2, 0) is 23.1 Å². The number of amides is 2. The molecule has 2 aromatic carbocycles. The van der Waals surface area contributed by atoms with Gasteiger partial charge in [0.2, 0.25) is 0 Å². The van der Waals surface area contributed by atoms with Gasteiger partial charge in [-0.05, 0) is 22.3 Å². The first-order valence-electron chi connectivity index (χ1n) is 10.7. The fraction of sp³-hybridized carbons (Fsp3) is 0.250. The highest BCUT2D eigenvalue weighted by Crippen LogP contribution is 2.44. The summed E-state index contributed by atoms with van der Waals surface area (Å²) in [4.78, 5) is 35.5. The number of aliphatic carboxylic acids is 1. The molecular weight excluding hydrogens is 440 g/mol.